The number of nitrogens with one attached hydrogen (secondary N) is 1. The minimum absolute atomic E-state index is 0. The highest BCUT2D eigenvalue weighted by atomic mass is 35.5. The molecule has 3 N–H and O–H groups in total. The molecule has 0 aromatic heterocycles. The van der Waals surface area contributed by atoms with Gasteiger partial charge in [-0.15, -0.1) is 24.8 Å². The molecule has 1 atom stereocenters. The summed E-state index contributed by atoms with van der Waals surface area (Å²) in [5, 5.41) is 7.38. The molecule has 1 fully saturated rings. The fourth-order valence-corrected chi connectivity index (χ4v) is 1.73. The third kappa shape index (κ3) is 4.82. The predicted molar refractivity (Wildman–Crippen MR) is 78.6 cm³/mol. The van der Waals surface area contributed by atoms with Crippen LogP contribution >= 0.6 is 24.8 Å². The average Bonchev–Trinajstić information content (AvgIpc) is 2.78. The summed E-state index contributed by atoms with van der Waals surface area (Å²) in [5.41, 5.74) is 7.78. The minimum atomic E-state index is 0. The van der Waals surface area contributed by atoms with Crippen molar-refractivity contribution < 1.29 is 4.84 Å². The van der Waals surface area contributed by atoms with Crippen LogP contribution in [0.25, 0.3) is 0 Å². The van der Waals surface area contributed by atoms with E-state index in [0.29, 0.717) is 19.1 Å². The van der Waals surface area contributed by atoms with Crippen LogP contribution in [0.5, 0.6) is 0 Å². The summed E-state index contributed by atoms with van der Waals surface area (Å²) in [6.07, 6.45) is 0. The standard InChI is InChI=1S/C12H17N3O.2ClH/c13-6-11-7-14-8-12(11)15-16-9-10-4-2-1-3-5-10;;/h1-5,11,14H,6-9,13H2;2*1H/b15-12+;;. The maximum Gasteiger partial charge on any atom is 0.142 e. The summed E-state index contributed by atoms with van der Waals surface area (Å²) in [6, 6.07) is 10.0. The molecule has 0 radical (unpaired) electrons. The molecule has 102 valence electrons. The lowest BCUT2D eigenvalue weighted by Crippen LogP contribution is -2.22. The van der Waals surface area contributed by atoms with Crippen LogP contribution < -0.4 is 11.1 Å². The predicted octanol–water partition coefficient (Wildman–Crippen LogP) is 1.58. The summed E-state index contributed by atoms with van der Waals surface area (Å²) in [5.74, 6) is 0.329. The van der Waals surface area contributed by atoms with Crippen LogP contribution in [0.4, 0.5) is 0 Å². The van der Waals surface area contributed by atoms with Crippen molar-refractivity contribution in [1.29, 1.82) is 0 Å². The van der Waals surface area contributed by atoms with Crippen molar-refractivity contribution in [2.75, 3.05) is 19.6 Å². The Balaban J connectivity index is 0.00000144. The van der Waals surface area contributed by atoms with E-state index < -0.39 is 0 Å². The van der Waals surface area contributed by atoms with Crippen molar-refractivity contribution in [3.05, 3.63) is 35.9 Å². The first-order valence-corrected chi connectivity index (χ1v) is 5.53. The summed E-state index contributed by atoms with van der Waals surface area (Å²) < 4.78 is 0. The number of hydrogen-bond acceptors (Lipinski definition) is 4. The maximum atomic E-state index is 5.63. The Labute approximate surface area is 120 Å². The molecule has 18 heavy (non-hydrogen) atoms. The monoisotopic (exact) mass is 291 g/mol. The van der Waals surface area contributed by atoms with Crippen molar-refractivity contribution in [2.45, 2.75) is 6.61 Å². The van der Waals surface area contributed by atoms with Crippen molar-refractivity contribution in [2.24, 2.45) is 16.8 Å². The van der Waals surface area contributed by atoms with E-state index in [-0.39, 0.29) is 24.8 Å². The van der Waals surface area contributed by atoms with Crippen LogP contribution in [0.3, 0.4) is 0 Å². The summed E-state index contributed by atoms with van der Waals surface area (Å²) in [6.45, 7) is 2.84. The Morgan fingerprint density at radius 2 is 2.00 bits per heavy atom. The van der Waals surface area contributed by atoms with Crippen LogP contribution in [0.1, 0.15) is 5.56 Å². The lowest BCUT2D eigenvalue weighted by Gasteiger charge is -2.06. The lowest BCUT2D eigenvalue weighted by molar-refractivity contribution is 0.129. The van der Waals surface area contributed by atoms with Gasteiger partial charge in [0, 0.05) is 25.6 Å². The molecular weight excluding hydrogens is 273 g/mol. The normalized spacial score (nSPS) is 20.1. The van der Waals surface area contributed by atoms with Gasteiger partial charge in [0.05, 0.1) is 5.71 Å². The Morgan fingerprint density at radius 1 is 1.28 bits per heavy atom. The van der Waals surface area contributed by atoms with Gasteiger partial charge in [-0.05, 0) is 5.56 Å². The molecule has 1 saturated heterocycles. The van der Waals surface area contributed by atoms with Gasteiger partial charge < -0.3 is 15.9 Å². The van der Waals surface area contributed by atoms with E-state index in [0.717, 1.165) is 24.4 Å². The smallest absolute Gasteiger partial charge is 0.142 e. The van der Waals surface area contributed by atoms with E-state index in [4.69, 9.17) is 10.6 Å². The van der Waals surface area contributed by atoms with E-state index in [1.807, 2.05) is 30.3 Å². The highest BCUT2D eigenvalue weighted by Gasteiger charge is 2.21. The third-order valence-electron chi connectivity index (χ3n) is 2.71. The van der Waals surface area contributed by atoms with Gasteiger partial charge in [0.1, 0.15) is 6.61 Å². The molecule has 1 unspecified atom stereocenters. The quantitative estimate of drug-likeness (QED) is 0.828. The van der Waals surface area contributed by atoms with Crippen molar-refractivity contribution in [1.82, 2.24) is 5.32 Å². The first-order valence-electron chi connectivity index (χ1n) is 5.53. The Morgan fingerprint density at radius 3 is 2.67 bits per heavy atom. The van der Waals surface area contributed by atoms with Gasteiger partial charge in [0.15, 0.2) is 0 Å². The Kier molecular flexibility index (Phi) is 8.75. The second kappa shape index (κ2) is 9.16. The molecule has 1 aliphatic rings. The molecule has 0 aliphatic carbocycles. The second-order valence-electron chi connectivity index (χ2n) is 3.91. The van der Waals surface area contributed by atoms with Crippen LogP contribution in [-0.4, -0.2) is 25.3 Å². The number of benzene rings is 1. The highest BCUT2D eigenvalue weighted by molar-refractivity contribution is 5.90. The SMILES string of the molecule is Cl.Cl.NCC1CNC/C1=N\OCc1ccccc1. The number of nitrogens with two attached hydrogens (primary N) is 1. The molecular formula is C12H19Cl2N3O. The van der Waals surface area contributed by atoms with E-state index in [1.165, 1.54) is 0 Å². The zero-order chi connectivity index (χ0) is 11.2. The van der Waals surface area contributed by atoms with Crippen molar-refractivity contribution in [3.8, 4) is 0 Å². The van der Waals surface area contributed by atoms with Gasteiger partial charge in [-0.1, -0.05) is 35.5 Å². The fourth-order valence-electron chi connectivity index (χ4n) is 1.73. The summed E-state index contributed by atoms with van der Waals surface area (Å²) in [4.78, 5) is 5.33. The van der Waals surface area contributed by atoms with Crippen molar-refractivity contribution in [3.63, 3.8) is 0 Å². The van der Waals surface area contributed by atoms with Gasteiger partial charge in [0.25, 0.3) is 0 Å². The number of halogens is 2. The molecule has 1 aromatic rings. The molecule has 4 nitrogen and oxygen atoms in total. The molecule has 6 heteroatoms. The molecule has 1 heterocycles. The molecule has 1 aliphatic heterocycles. The van der Waals surface area contributed by atoms with Gasteiger partial charge in [0.2, 0.25) is 0 Å². The zero-order valence-electron chi connectivity index (χ0n) is 10.0. The molecule has 0 saturated carbocycles. The van der Waals surface area contributed by atoms with Gasteiger partial charge in [-0.25, -0.2) is 0 Å². The third-order valence-corrected chi connectivity index (χ3v) is 2.71. The fraction of sp³-hybridized carbons (Fsp3) is 0.417. The number of oxime groups is 1. The number of hydrogen-bond donors (Lipinski definition) is 2. The van der Waals surface area contributed by atoms with Crippen molar-refractivity contribution >= 4 is 30.5 Å². The van der Waals surface area contributed by atoms with Crippen LogP contribution in [0.2, 0.25) is 0 Å². The molecule has 0 spiro atoms. The van der Waals surface area contributed by atoms with Crippen LogP contribution in [0, 0.1) is 5.92 Å². The average molecular weight is 292 g/mol. The Bertz CT molecular complexity index is 360. The van der Waals surface area contributed by atoms with Gasteiger partial charge in [-0.2, -0.15) is 0 Å². The second-order valence-corrected chi connectivity index (χ2v) is 3.91. The van der Waals surface area contributed by atoms with Gasteiger partial charge >= 0.3 is 0 Å². The number of nitrogens with zero attached hydrogens (tertiary/aromatic N) is 1. The summed E-state index contributed by atoms with van der Waals surface area (Å²) in [7, 11) is 0. The topological polar surface area (TPSA) is 59.6 Å². The maximum absolute atomic E-state index is 5.63. The van der Waals surface area contributed by atoms with Crippen LogP contribution in [-0.2, 0) is 11.4 Å². The van der Waals surface area contributed by atoms with Gasteiger partial charge in [-0.3, -0.25) is 0 Å². The Hall–Kier alpha value is -0.810. The van der Waals surface area contributed by atoms with E-state index in [2.05, 4.69) is 10.5 Å². The van der Waals surface area contributed by atoms with E-state index in [9.17, 15) is 0 Å². The highest BCUT2D eigenvalue weighted by Crippen LogP contribution is 2.06. The largest absolute Gasteiger partial charge is 0.391 e. The molecule has 0 amide bonds. The first kappa shape index (κ1) is 17.2. The minimum Gasteiger partial charge on any atom is -0.391 e. The molecule has 0 bridgehead atoms. The molecule has 1 aromatic carbocycles. The van der Waals surface area contributed by atoms with E-state index >= 15 is 0 Å². The lowest BCUT2D eigenvalue weighted by atomic mass is 10.1. The molecule has 2 rings (SSSR count). The van der Waals surface area contributed by atoms with Crippen LogP contribution in [0.15, 0.2) is 35.5 Å². The summed E-state index contributed by atoms with van der Waals surface area (Å²) >= 11 is 0. The first-order chi connectivity index (χ1) is 7.90. The zero-order valence-corrected chi connectivity index (χ0v) is 11.7. The number of rotatable bonds is 4. The van der Waals surface area contributed by atoms with E-state index in [1.54, 1.807) is 0 Å².